The number of nitrogens with one attached hydrogen (secondary N) is 3. The van der Waals surface area contributed by atoms with E-state index < -0.39 is 0 Å². The Balaban J connectivity index is 1.74. The quantitative estimate of drug-likeness (QED) is 0.447. The molecule has 2 atom stereocenters. The molecule has 0 radical (unpaired) electrons. The lowest BCUT2D eigenvalue weighted by Gasteiger charge is -2.35. The molecular formula is C22H32N8O. The summed E-state index contributed by atoms with van der Waals surface area (Å²) in [6, 6.07) is 1.84. The molecule has 4 N–H and O–H groups in total. The van der Waals surface area contributed by atoms with E-state index in [0.717, 1.165) is 51.4 Å². The van der Waals surface area contributed by atoms with Gasteiger partial charge >= 0.3 is 0 Å². The normalized spacial score (nSPS) is 21.2. The summed E-state index contributed by atoms with van der Waals surface area (Å²) in [5, 5.41) is 33.8. The first-order chi connectivity index (χ1) is 15.1. The number of aliphatic hydroxyl groups is 1. The molecule has 31 heavy (non-hydrogen) atoms. The number of hydrogen-bond donors (Lipinski definition) is 4. The predicted octanol–water partition coefficient (Wildman–Crippen LogP) is 1.67. The van der Waals surface area contributed by atoms with E-state index in [1.807, 2.05) is 12.1 Å². The summed E-state index contributed by atoms with van der Waals surface area (Å²) in [4.78, 5) is 17.3. The Hall–Kier alpha value is -2.78. The monoisotopic (exact) mass is 424 g/mol. The molecule has 9 heteroatoms. The van der Waals surface area contributed by atoms with Crippen LogP contribution in [0.3, 0.4) is 0 Å². The van der Waals surface area contributed by atoms with Gasteiger partial charge in [0.15, 0.2) is 0 Å². The van der Waals surface area contributed by atoms with Crippen molar-refractivity contribution in [2.24, 2.45) is 16.8 Å². The molecular weight excluding hydrogens is 392 g/mol. The zero-order valence-electron chi connectivity index (χ0n) is 18.1. The van der Waals surface area contributed by atoms with Gasteiger partial charge in [-0.2, -0.15) is 0 Å². The number of aromatic nitrogens is 2. The van der Waals surface area contributed by atoms with Crippen LogP contribution in [0.2, 0.25) is 0 Å². The molecule has 1 aliphatic heterocycles. The molecule has 0 amide bonds. The highest BCUT2D eigenvalue weighted by atomic mass is 16.3. The fourth-order valence-electron chi connectivity index (χ4n) is 4.12. The average molecular weight is 425 g/mol. The summed E-state index contributed by atoms with van der Waals surface area (Å²) < 4.78 is 0. The molecule has 3 rings (SSSR count). The van der Waals surface area contributed by atoms with Gasteiger partial charge in [-0.15, -0.1) is 0 Å². The molecule has 2 unspecified atom stereocenters. The van der Waals surface area contributed by atoms with Gasteiger partial charge in [0.25, 0.3) is 0 Å². The molecule has 0 spiro atoms. The van der Waals surface area contributed by atoms with Gasteiger partial charge in [0.2, 0.25) is 0 Å². The van der Waals surface area contributed by atoms with Crippen LogP contribution in [-0.2, 0) is 0 Å². The fourth-order valence-corrected chi connectivity index (χ4v) is 4.12. The van der Waals surface area contributed by atoms with Crippen LogP contribution in [0.1, 0.15) is 25.0 Å². The van der Waals surface area contributed by atoms with E-state index in [0.29, 0.717) is 23.4 Å². The Bertz CT molecular complexity index is 857. The van der Waals surface area contributed by atoms with Crippen molar-refractivity contribution in [1.29, 1.82) is 16.2 Å². The van der Waals surface area contributed by atoms with Gasteiger partial charge in [0.05, 0.1) is 11.4 Å². The molecule has 0 saturated carbocycles. The molecule has 0 aromatic carbocycles. The first-order valence-corrected chi connectivity index (χ1v) is 10.8. The summed E-state index contributed by atoms with van der Waals surface area (Å²) in [7, 11) is 1.70. The lowest BCUT2D eigenvalue weighted by Crippen LogP contribution is -2.47. The lowest BCUT2D eigenvalue weighted by atomic mass is 9.80. The minimum Gasteiger partial charge on any atom is -0.396 e. The van der Waals surface area contributed by atoms with Crippen molar-refractivity contribution < 1.29 is 5.11 Å². The molecule has 1 aliphatic carbocycles. The number of rotatable bonds is 9. The van der Waals surface area contributed by atoms with E-state index in [-0.39, 0.29) is 24.2 Å². The topological polar surface area (TPSA) is 136 Å². The van der Waals surface area contributed by atoms with Crippen molar-refractivity contribution in [1.82, 2.24) is 14.9 Å². The third-order valence-corrected chi connectivity index (χ3v) is 5.95. The highest BCUT2D eigenvalue weighted by Gasteiger charge is 2.26. The summed E-state index contributed by atoms with van der Waals surface area (Å²) in [6.45, 7) is 4.63. The molecule has 9 nitrogen and oxygen atoms in total. The second-order valence-electron chi connectivity index (χ2n) is 7.96. The van der Waals surface area contributed by atoms with Gasteiger partial charge in [-0.1, -0.05) is 6.08 Å². The Kier molecular flexibility index (Phi) is 8.13. The van der Waals surface area contributed by atoms with Crippen LogP contribution < -0.4 is 4.90 Å². The lowest BCUT2D eigenvalue weighted by molar-refractivity contribution is 0.215. The minimum atomic E-state index is -0.121. The summed E-state index contributed by atoms with van der Waals surface area (Å²) >= 11 is 0. The number of hydrogen-bond acceptors (Lipinski definition) is 9. The van der Waals surface area contributed by atoms with E-state index >= 15 is 0 Å². The largest absolute Gasteiger partial charge is 0.396 e. The number of piperazine rings is 1. The Labute approximate surface area is 183 Å². The SMILES string of the molecule is CN=CC(C=N)C1C=C(C(=N)c2cc(N3CCN(CCCO)CC3)ncn2)C(=N)CC1. The number of anilines is 1. The zero-order valence-corrected chi connectivity index (χ0v) is 18.1. The van der Waals surface area contributed by atoms with Crippen LogP contribution in [0.4, 0.5) is 5.82 Å². The minimum absolute atomic E-state index is 0.0546. The Morgan fingerprint density at radius 2 is 2.10 bits per heavy atom. The third kappa shape index (κ3) is 5.68. The first kappa shape index (κ1) is 22.9. The van der Waals surface area contributed by atoms with E-state index in [1.165, 1.54) is 12.5 Å². The second-order valence-corrected chi connectivity index (χ2v) is 7.96. The summed E-state index contributed by atoms with van der Waals surface area (Å²) in [6.07, 6.45) is 8.71. The van der Waals surface area contributed by atoms with Crippen molar-refractivity contribution >= 4 is 29.7 Å². The van der Waals surface area contributed by atoms with Crippen LogP contribution >= 0.6 is 0 Å². The van der Waals surface area contributed by atoms with Crippen LogP contribution in [-0.4, -0.2) is 90.2 Å². The number of aliphatic hydroxyl groups excluding tert-OH is 1. The molecule has 2 heterocycles. The van der Waals surface area contributed by atoms with Crippen LogP contribution in [0, 0.1) is 28.1 Å². The van der Waals surface area contributed by atoms with Crippen LogP contribution in [0.15, 0.2) is 29.0 Å². The number of aliphatic imine (C=N–C) groups is 1. The summed E-state index contributed by atoms with van der Waals surface area (Å²) in [5.41, 5.74) is 1.78. The maximum absolute atomic E-state index is 9.01. The van der Waals surface area contributed by atoms with E-state index in [4.69, 9.17) is 21.3 Å². The van der Waals surface area contributed by atoms with Crippen molar-refractivity contribution in [3.05, 3.63) is 29.7 Å². The van der Waals surface area contributed by atoms with Gasteiger partial charge in [-0.05, 0) is 25.2 Å². The molecule has 2 aliphatic rings. The van der Waals surface area contributed by atoms with E-state index in [1.54, 1.807) is 13.3 Å². The van der Waals surface area contributed by atoms with Gasteiger partial charge in [-0.25, -0.2) is 9.97 Å². The van der Waals surface area contributed by atoms with Gasteiger partial charge < -0.3 is 25.8 Å². The number of nitrogens with zero attached hydrogens (tertiary/aromatic N) is 5. The van der Waals surface area contributed by atoms with Gasteiger partial charge in [0, 0.05) is 82.1 Å². The Morgan fingerprint density at radius 1 is 1.32 bits per heavy atom. The van der Waals surface area contributed by atoms with Crippen LogP contribution in [0.25, 0.3) is 0 Å². The van der Waals surface area contributed by atoms with Crippen molar-refractivity contribution in [3.63, 3.8) is 0 Å². The van der Waals surface area contributed by atoms with Crippen molar-refractivity contribution in [2.45, 2.75) is 19.3 Å². The van der Waals surface area contributed by atoms with Crippen molar-refractivity contribution in [2.75, 3.05) is 51.3 Å². The molecule has 0 bridgehead atoms. The van der Waals surface area contributed by atoms with Crippen molar-refractivity contribution in [3.8, 4) is 0 Å². The number of allylic oxidation sites excluding steroid dienone is 2. The molecule has 1 fully saturated rings. The predicted molar refractivity (Wildman–Crippen MR) is 124 cm³/mol. The first-order valence-electron chi connectivity index (χ1n) is 10.8. The highest BCUT2D eigenvalue weighted by Crippen LogP contribution is 2.27. The van der Waals surface area contributed by atoms with Gasteiger partial charge in [-0.3, -0.25) is 10.3 Å². The molecule has 1 aromatic rings. The average Bonchev–Trinajstić information content (AvgIpc) is 2.81. The molecule has 1 aromatic heterocycles. The van der Waals surface area contributed by atoms with E-state index in [2.05, 4.69) is 24.8 Å². The maximum atomic E-state index is 9.01. The molecule has 1 saturated heterocycles. The standard InChI is InChI=1S/C22H32N8O/c1-26-14-17(13-23)16-3-4-19(24)18(11-16)22(25)20-12-21(28-15-27-20)30-8-6-29(7-9-30)5-2-10-31/h11-17,23-25,31H,2-10H2,1H3. The van der Waals surface area contributed by atoms with Gasteiger partial charge in [0.1, 0.15) is 12.1 Å². The third-order valence-electron chi connectivity index (χ3n) is 5.95. The highest BCUT2D eigenvalue weighted by molar-refractivity contribution is 6.28. The Morgan fingerprint density at radius 3 is 2.77 bits per heavy atom. The fraction of sp³-hybridized carbons (Fsp3) is 0.545. The smallest absolute Gasteiger partial charge is 0.132 e. The second kappa shape index (κ2) is 11.0. The van der Waals surface area contributed by atoms with Crippen LogP contribution in [0.5, 0.6) is 0 Å². The molecule has 166 valence electrons. The summed E-state index contributed by atoms with van der Waals surface area (Å²) in [5.74, 6) is 0.731. The maximum Gasteiger partial charge on any atom is 0.132 e. The van der Waals surface area contributed by atoms with E-state index in [9.17, 15) is 0 Å². The zero-order chi connectivity index (χ0) is 22.2.